The summed E-state index contributed by atoms with van der Waals surface area (Å²) >= 11 is 16.5. The molecule has 0 aliphatic heterocycles. The van der Waals surface area contributed by atoms with E-state index < -0.39 is 9.58 Å². The molecule has 0 saturated heterocycles. The summed E-state index contributed by atoms with van der Waals surface area (Å²) in [4.78, 5) is 11.7. The van der Waals surface area contributed by atoms with Crippen molar-refractivity contribution < 1.29 is 9.90 Å². The fourth-order valence-electron chi connectivity index (χ4n) is 1.34. The summed E-state index contributed by atoms with van der Waals surface area (Å²) < 4.78 is -2.05. The second-order valence-electron chi connectivity index (χ2n) is 4.81. The molecule has 5 heteroatoms. The standard InChI is InChI=1S/C12H13Cl3O2/c1-11(2,3)7-4-5-8(9(16)6-7)10(17)12(13,14)15/h4-6,16H,1-3H3. The molecule has 17 heavy (non-hydrogen) atoms. The molecule has 2 nitrogen and oxygen atoms in total. The van der Waals surface area contributed by atoms with Crippen molar-refractivity contribution >= 4 is 40.6 Å². The molecule has 0 heterocycles. The maximum Gasteiger partial charge on any atom is 0.253 e. The average molecular weight is 296 g/mol. The molecule has 1 rings (SSSR count). The van der Waals surface area contributed by atoms with Gasteiger partial charge in [0.05, 0.1) is 5.56 Å². The summed E-state index contributed by atoms with van der Waals surface area (Å²) in [5.41, 5.74) is 0.785. The lowest BCUT2D eigenvalue weighted by molar-refractivity contribution is 0.0993. The summed E-state index contributed by atoms with van der Waals surface area (Å²) in [6.07, 6.45) is 0. The highest BCUT2D eigenvalue weighted by atomic mass is 35.6. The Kier molecular flexibility index (Phi) is 4.02. The molecule has 1 N–H and O–H groups in total. The van der Waals surface area contributed by atoms with Gasteiger partial charge in [-0.25, -0.2) is 0 Å². The van der Waals surface area contributed by atoms with Gasteiger partial charge in [0.25, 0.3) is 3.79 Å². The monoisotopic (exact) mass is 294 g/mol. The van der Waals surface area contributed by atoms with Gasteiger partial charge in [-0.05, 0) is 23.1 Å². The number of hydrogen-bond donors (Lipinski definition) is 1. The molecular formula is C12H13Cl3O2. The number of hydrogen-bond acceptors (Lipinski definition) is 2. The maximum absolute atomic E-state index is 11.7. The third-order valence-electron chi connectivity index (χ3n) is 2.37. The maximum atomic E-state index is 11.7. The number of carbonyl (C=O) groups excluding carboxylic acids is 1. The normalized spacial score (nSPS) is 12.6. The highest BCUT2D eigenvalue weighted by molar-refractivity contribution is 6.77. The lowest BCUT2D eigenvalue weighted by atomic mass is 9.86. The van der Waals surface area contributed by atoms with Gasteiger partial charge in [-0.15, -0.1) is 0 Å². The molecule has 0 fully saturated rings. The molecule has 0 amide bonds. The van der Waals surface area contributed by atoms with Gasteiger partial charge in [0, 0.05) is 0 Å². The topological polar surface area (TPSA) is 37.3 Å². The molecule has 1 aromatic carbocycles. The molecular weight excluding hydrogens is 282 g/mol. The Hall–Kier alpha value is -0.440. The minimum atomic E-state index is -2.05. The van der Waals surface area contributed by atoms with Crippen LogP contribution in [0, 0.1) is 0 Å². The number of carbonyl (C=O) groups is 1. The lowest BCUT2D eigenvalue weighted by Gasteiger charge is -2.20. The van der Waals surface area contributed by atoms with Gasteiger partial charge < -0.3 is 5.11 Å². The van der Waals surface area contributed by atoms with E-state index in [9.17, 15) is 9.90 Å². The van der Waals surface area contributed by atoms with Crippen LogP contribution in [0.25, 0.3) is 0 Å². The first kappa shape index (κ1) is 14.6. The van der Waals surface area contributed by atoms with Crippen molar-refractivity contribution in [2.24, 2.45) is 0 Å². The number of rotatable bonds is 1. The Labute approximate surface area is 115 Å². The predicted molar refractivity (Wildman–Crippen MR) is 71.4 cm³/mol. The first-order chi connectivity index (χ1) is 7.53. The van der Waals surface area contributed by atoms with E-state index in [4.69, 9.17) is 34.8 Å². The smallest absolute Gasteiger partial charge is 0.253 e. The number of ketones is 1. The van der Waals surface area contributed by atoms with E-state index in [1.807, 2.05) is 20.8 Å². The highest BCUT2D eigenvalue weighted by Gasteiger charge is 2.33. The van der Waals surface area contributed by atoms with E-state index in [-0.39, 0.29) is 16.7 Å². The zero-order valence-corrected chi connectivity index (χ0v) is 12.0. The number of Topliss-reactive ketones (excluding diaryl/α,β-unsaturated/α-hetero) is 1. The van der Waals surface area contributed by atoms with Crippen molar-refractivity contribution in [2.75, 3.05) is 0 Å². The van der Waals surface area contributed by atoms with Crippen molar-refractivity contribution in [3.05, 3.63) is 29.3 Å². The van der Waals surface area contributed by atoms with Gasteiger partial charge in [-0.2, -0.15) is 0 Å². The van der Waals surface area contributed by atoms with Gasteiger partial charge in [0.2, 0.25) is 5.78 Å². The number of phenols is 1. The second kappa shape index (κ2) is 4.68. The van der Waals surface area contributed by atoms with Crippen molar-refractivity contribution in [3.8, 4) is 5.75 Å². The number of benzene rings is 1. The third kappa shape index (κ3) is 3.51. The Morgan fingerprint density at radius 1 is 1.18 bits per heavy atom. The fraction of sp³-hybridized carbons (Fsp3) is 0.417. The molecule has 1 aromatic rings. The lowest BCUT2D eigenvalue weighted by Crippen LogP contribution is -2.19. The molecule has 0 radical (unpaired) electrons. The summed E-state index contributed by atoms with van der Waals surface area (Å²) in [7, 11) is 0. The zero-order chi connectivity index (χ0) is 13.4. The van der Waals surface area contributed by atoms with Crippen molar-refractivity contribution in [1.29, 1.82) is 0 Å². The number of phenolic OH excluding ortho intramolecular Hbond substituents is 1. The quantitative estimate of drug-likeness (QED) is 0.621. The van der Waals surface area contributed by atoms with Crippen LogP contribution in [0.2, 0.25) is 0 Å². The fourth-order valence-corrected chi connectivity index (χ4v) is 1.65. The highest BCUT2D eigenvalue weighted by Crippen LogP contribution is 2.35. The summed E-state index contributed by atoms with van der Waals surface area (Å²) in [5, 5.41) is 9.79. The molecule has 0 aliphatic rings. The second-order valence-corrected chi connectivity index (χ2v) is 7.09. The zero-order valence-electron chi connectivity index (χ0n) is 9.72. The summed E-state index contributed by atoms with van der Waals surface area (Å²) in [6.45, 7) is 5.99. The van der Waals surface area contributed by atoms with Crippen molar-refractivity contribution in [1.82, 2.24) is 0 Å². The summed E-state index contributed by atoms with van der Waals surface area (Å²) in [5.74, 6) is -0.908. The number of aromatic hydroxyl groups is 1. The molecule has 0 aromatic heterocycles. The van der Waals surface area contributed by atoms with E-state index >= 15 is 0 Å². The largest absolute Gasteiger partial charge is 0.507 e. The molecule has 0 saturated carbocycles. The molecule has 0 unspecified atom stereocenters. The van der Waals surface area contributed by atoms with Crippen LogP contribution in [0.1, 0.15) is 36.7 Å². The molecule has 0 atom stereocenters. The minimum absolute atomic E-state index is 0.0120. The van der Waals surface area contributed by atoms with Gasteiger partial charge >= 0.3 is 0 Å². The Bertz CT molecular complexity index is 442. The van der Waals surface area contributed by atoms with Gasteiger partial charge in [-0.3, -0.25) is 4.79 Å². The first-order valence-electron chi connectivity index (χ1n) is 4.98. The molecule has 94 valence electrons. The van der Waals surface area contributed by atoms with Crippen molar-refractivity contribution in [3.63, 3.8) is 0 Å². The Balaban J connectivity index is 3.20. The van der Waals surface area contributed by atoms with Crippen molar-refractivity contribution in [2.45, 2.75) is 30.0 Å². The first-order valence-corrected chi connectivity index (χ1v) is 6.12. The van der Waals surface area contributed by atoms with Crippen LogP contribution in [-0.4, -0.2) is 14.7 Å². The minimum Gasteiger partial charge on any atom is -0.507 e. The average Bonchev–Trinajstić information content (AvgIpc) is 2.13. The molecule has 0 aliphatic carbocycles. The van der Waals surface area contributed by atoms with Crippen LogP contribution < -0.4 is 0 Å². The number of alkyl halides is 3. The van der Waals surface area contributed by atoms with Gasteiger partial charge in [-0.1, -0.05) is 61.6 Å². The van der Waals surface area contributed by atoms with Crippen LogP contribution in [0.15, 0.2) is 18.2 Å². The SMILES string of the molecule is CC(C)(C)c1ccc(C(=O)C(Cl)(Cl)Cl)c(O)c1. The van der Waals surface area contributed by atoms with E-state index in [0.29, 0.717) is 0 Å². The number of halogens is 3. The van der Waals surface area contributed by atoms with Gasteiger partial charge in [0.1, 0.15) is 5.75 Å². The third-order valence-corrected chi connectivity index (χ3v) is 2.88. The Morgan fingerprint density at radius 2 is 1.71 bits per heavy atom. The van der Waals surface area contributed by atoms with Gasteiger partial charge in [0.15, 0.2) is 0 Å². The predicted octanol–water partition coefficient (Wildman–Crippen LogP) is 4.24. The molecule has 0 bridgehead atoms. The van der Waals surface area contributed by atoms with Crippen LogP contribution in [0.3, 0.4) is 0 Å². The summed E-state index contributed by atoms with van der Waals surface area (Å²) in [6, 6.07) is 4.73. The van der Waals surface area contributed by atoms with E-state index in [1.165, 1.54) is 12.1 Å². The van der Waals surface area contributed by atoms with Crippen LogP contribution >= 0.6 is 34.8 Å². The van der Waals surface area contributed by atoms with E-state index in [1.54, 1.807) is 6.07 Å². The van der Waals surface area contributed by atoms with Crippen LogP contribution in [0.5, 0.6) is 5.75 Å². The van der Waals surface area contributed by atoms with Crippen LogP contribution in [0.4, 0.5) is 0 Å². The van der Waals surface area contributed by atoms with Crippen LogP contribution in [-0.2, 0) is 5.41 Å². The molecule has 0 spiro atoms. The van der Waals surface area contributed by atoms with E-state index in [0.717, 1.165) is 5.56 Å². The van der Waals surface area contributed by atoms with E-state index in [2.05, 4.69) is 0 Å². The Morgan fingerprint density at radius 3 is 2.06 bits per heavy atom.